The van der Waals surface area contributed by atoms with E-state index in [4.69, 9.17) is 31.8 Å². The molecule has 2 aliphatic rings. The Balaban J connectivity index is 1.34. The number of benzene rings is 2. The van der Waals surface area contributed by atoms with Gasteiger partial charge in [0, 0.05) is 63.4 Å². The first-order valence-electron chi connectivity index (χ1n) is 13.6. The summed E-state index contributed by atoms with van der Waals surface area (Å²) >= 11 is 6.10. The lowest BCUT2D eigenvalue weighted by Gasteiger charge is -2.35. The van der Waals surface area contributed by atoms with Crippen LogP contribution in [0, 0.1) is 5.92 Å². The number of piperidine rings is 1. The molecular formula is C28H36ClN5O5S. The number of methoxy groups -OCH3 is 2. The number of fused-ring (bicyclic) bond motifs is 1. The molecule has 2 fully saturated rings. The third-order valence-corrected chi connectivity index (χ3v) is 9.99. The van der Waals surface area contributed by atoms with Gasteiger partial charge in [0.05, 0.1) is 24.1 Å². The van der Waals surface area contributed by atoms with E-state index in [0.29, 0.717) is 19.7 Å². The number of likely N-dealkylation sites (tertiary alicyclic amines) is 1. The zero-order valence-corrected chi connectivity index (χ0v) is 24.4. The maximum absolute atomic E-state index is 13.8. The number of carbonyl (C=O) groups is 1. The Bertz CT molecular complexity index is 1480. The van der Waals surface area contributed by atoms with Crippen molar-refractivity contribution in [3.05, 3.63) is 53.3 Å². The van der Waals surface area contributed by atoms with Crippen LogP contribution in [0.1, 0.15) is 31.0 Å². The number of imidazole rings is 1. The maximum atomic E-state index is 13.8. The first-order chi connectivity index (χ1) is 19.2. The molecule has 0 spiro atoms. The van der Waals surface area contributed by atoms with Crippen LogP contribution in [0.5, 0.6) is 5.75 Å². The van der Waals surface area contributed by atoms with E-state index in [1.807, 2.05) is 23.1 Å². The fourth-order valence-corrected chi connectivity index (χ4v) is 7.79. The molecule has 2 aliphatic heterocycles. The zero-order valence-electron chi connectivity index (χ0n) is 22.8. The first kappa shape index (κ1) is 28.8. The summed E-state index contributed by atoms with van der Waals surface area (Å²) in [5.41, 5.74) is 8.42. The summed E-state index contributed by atoms with van der Waals surface area (Å²) in [7, 11) is -0.867. The summed E-state index contributed by atoms with van der Waals surface area (Å²) in [5, 5.41) is 0.281. The summed E-state index contributed by atoms with van der Waals surface area (Å²) in [6, 6.07) is 11.9. The molecular weight excluding hydrogens is 554 g/mol. The van der Waals surface area contributed by atoms with Gasteiger partial charge < -0.3 is 24.7 Å². The molecule has 2 N–H and O–H groups in total. The molecule has 5 rings (SSSR count). The van der Waals surface area contributed by atoms with Crippen molar-refractivity contribution in [1.29, 1.82) is 0 Å². The summed E-state index contributed by atoms with van der Waals surface area (Å²) < 4.78 is 41.1. The number of aryl methyl sites for hydroxylation is 1. The number of para-hydroxylation sites is 2. The molecule has 12 heteroatoms. The van der Waals surface area contributed by atoms with Gasteiger partial charge in [-0.05, 0) is 49.6 Å². The number of rotatable bonds is 9. The highest BCUT2D eigenvalue weighted by Crippen LogP contribution is 2.34. The number of carbonyl (C=O) groups excluding carboxylic acids is 1. The van der Waals surface area contributed by atoms with Crippen LogP contribution in [-0.2, 0) is 26.1 Å². The van der Waals surface area contributed by atoms with Crippen LogP contribution in [0.3, 0.4) is 0 Å². The zero-order chi connectivity index (χ0) is 28.4. The highest BCUT2D eigenvalue weighted by atomic mass is 35.5. The second kappa shape index (κ2) is 12.0. The number of ether oxygens (including phenoxy) is 2. The van der Waals surface area contributed by atoms with Gasteiger partial charge in [0.2, 0.25) is 15.9 Å². The van der Waals surface area contributed by atoms with Crippen molar-refractivity contribution in [2.45, 2.75) is 42.7 Å². The number of halogens is 1. The quantitative estimate of drug-likeness (QED) is 0.381. The molecule has 0 saturated carbocycles. The van der Waals surface area contributed by atoms with Gasteiger partial charge in [0.15, 0.2) is 0 Å². The average molecular weight is 590 g/mol. The standard InChI is InChI=1S/C28H36ClN5O5S/c1-38-14-6-13-34-24-9-4-3-8-23(24)31-27(34)19-7-5-12-32(16-19)28(35)21-17-33(18-22(21)30)40(36,37)26-15-20(29)10-11-25(26)39-2/h3-4,8-11,15,19,21-22H,5-7,12-14,16-18,30H2,1-2H3/t19?,21-,22-/m1/s1. The number of hydrogen-bond donors (Lipinski definition) is 1. The Morgan fingerprint density at radius 1 is 1.15 bits per heavy atom. The largest absolute Gasteiger partial charge is 0.495 e. The fourth-order valence-electron chi connectivity index (χ4n) is 5.87. The second-order valence-electron chi connectivity index (χ2n) is 10.5. The Morgan fingerprint density at radius 3 is 2.73 bits per heavy atom. The number of nitrogens with two attached hydrogens (primary N) is 1. The van der Waals surface area contributed by atoms with Crippen molar-refractivity contribution in [3.63, 3.8) is 0 Å². The van der Waals surface area contributed by atoms with Crippen LogP contribution in [0.15, 0.2) is 47.4 Å². The van der Waals surface area contributed by atoms with Gasteiger partial charge in [0.1, 0.15) is 16.5 Å². The third-order valence-electron chi connectivity index (χ3n) is 7.90. The monoisotopic (exact) mass is 589 g/mol. The van der Waals surface area contributed by atoms with Crippen molar-refractivity contribution in [2.75, 3.05) is 47.0 Å². The average Bonchev–Trinajstić information content (AvgIpc) is 3.54. The lowest BCUT2D eigenvalue weighted by molar-refractivity contribution is -0.136. The lowest BCUT2D eigenvalue weighted by atomic mass is 9.94. The van der Waals surface area contributed by atoms with E-state index in [1.54, 1.807) is 13.2 Å². The van der Waals surface area contributed by atoms with Crippen LogP contribution >= 0.6 is 11.6 Å². The van der Waals surface area contributed by atoms with E-state index < -0.39 is 22.0 Å². The number of sulfonamides is 1. The summed E-state index contributed by atoms with van der Waals surface area (Å²) in [4.78, 5) is 20.6. The van der Waals surface area contributed by atoms with Crippen molar-refractivity contribution in [1.82, 2.24) is 18.8 Å². The van der Waals surface area contributed by atoms with Gasteiger partial charge in [-0.15, -0.1) is 0 Å². The van der Waals surface area contributed by atoms with E-state index in [-0.39, 0.29) is 40.6 Å². The maximum Gasteiger partial charge on any atom is 0.246 e. The third kappa shape index (κ3) is 5.58. The van der Waals surface area contributed by atoms with E-state index in [2.05, 4.69) is 10.6 Å². The minimum Gasteiger partial charge on any atom is -0.495 e. The van der Waals surface area contributed by atoms with Gasteiger partial charge in [-0.3, -0.25) is 4.79 Å². The van der Waals surface area contributed by atoms with Gasteiger partial charge in [0.25, 0.3) is 0 Å². The number of hydrogen-bond acceptors (Lipinski definition) is 7. The number of amides is 1. The Hall–Kier alpha value is -2.70. The predicted octanol–water partition coefficient (Wildman–Crippen LogP) is 3.09. The van der Waals surface area contributed by atoms with Crippen LogP contribution in [0.2, 0.25) is 5.02 Å². The summed E-state index contributed by atoms with van der Waals surface area (Å²) in [6.07, 6.45) is 2.61. The molecule has 3 atom stereocenters. The Morgan fingerprint density at radius 2 is 1.95 bits per heavy atom. The fraction of sp³-hybridized carbons (Fsp3) is 0.500. The van der Waals surface area contributed by atoms with Gasteiger partial charge in [-0.1, -0.05) is 23.7 Å². The summed E-state index contributed by atoms with van der Waals surface area (Å²) in [6.45, 7) is 2.61. The SMILES string of the molecule is COCCCn1c(C2CCCN(C(=O)[C@@H]3CN(S(=O)(=O)c4cc(Cl)ccc4OC)C[C@H]3N)C2)nc2ccccc21. The molecule has 10 nitrogen and oxygen atoms in total. The normalized spacial score (nSPS) is 22.2. The van der Waals surface area contributed by atoms with E-state index in [9.17, 15) is 13.2 Å². The first-order valence-corrected chi connectivity index (χ1v) is 15.4. The highest BCUT2D eigenvalue weighted by Gasteiger charge is 2.44. The van der Waals surface area contributed by atoms with Gasteiger partial charge in [-0.2, -0.15) is 4.31 Å². The smallest absolute Gasteiger partial charge is 0.246 e. The van der Waals surface area contributed by atoms with Crippen molar-refractivity contribution < 1.29 is 22.7 Å². The second-order valence-corrected chi connectivity index (χ2v) is 12.8. The Kier molecular flexibility index (Phi) is 8.67. The molecule has 0 aliphatic carbocycles. The molecule has 1 aromatic heterocycles. The van der Waals surface area contributed by atoms with Crippen molar-refractivity contribution in [3.8, 4) is 5.75 Å². The topological polar surface area (TPSA) is 120 Å². The van der Waals surface area contributed by atoms with Crippen LogP contribution in [0.25, 0.3) is 11.0 Å². The molecule has 216 valence electrons. The van der Waals surface area contributed by atoms with Crippen molar-refractivity contribution in [2.24, 2.45) is 11.7 Å². The molecule has 1 amide bonds. The summed E-state index contributed by atoms with van der Waals surface area (Å²) in [5.74, 6) is 0.484. The molecule has 2 aromatic carbocycles. The van der Waals surface area contributed by atoms with E-state index >= 15 is 0 Å². The minimum atomic E-state index is -3.97. The predicted molar refractivity (Wildman–Crippen MR) is 153 cm³/mol. The Labute approximate surface area is 240 Å². The van der Waals surface area contributed by atoms with Crippen LogP contribution in [0.4, 0.5) is 0 Å². The molecule has 40 heavy (non-hydrogen) atoms. The van der Waals surface area contributed by atoms with Gasteiger partial charge in [-0.25, -0.2) is 13.4 Å². The van der Waals surface area contributed by atoms with Crippen molar-refractivity contribution >= 4 is 38.6 Å². The number of aromatic nitrogens is 2. The van der Waals surface area contributed by atoms with E-state index in [0.717, 1.165) is 42.7 Å². The molecule has 2 saturated heterocycles. The lowest BCUT2D eigenvalue weighted by Crippen LogP contribution is -2.47. The molecule has 3 aromatic rings. The number of nitrogens with zero attached hydrogens (tertiary/aromatic N) is 4. The molecule has 0 radical (unpaired) electrons. The van der Waals surface area contributed by atoms with Crippen LogP contribution in [-0.4, -0.2) is 86.1 Å². The molecule has 0 bridgehead atoms. The highest BCUT2D eigenvalue weighted by molar-refractivity contribution is 7.89. The molecule has 1 unspecified atom stereocenters. The molecule has 3 heterocycles. The van der Waals surface area contributed by atoms with E-state index in [1.165, 1.54) is 23.5 Å². The minimum absolute atomic E-state index is 0.00863. The van der Waals surface area contributed by atoms with Crippen LogP contribution < -0.4 is 10.5 Å². The van der Waals surface area contributed by atoms with Gasteiger partial charge >= 0.3 is 0 Å².